The zero-order chi connectivity index (χ0) is 28.7. The van der Waals surface area contributed by atoms with Crippen molar-refractivity contribution in [3.8, 4) is 5.75 Å². The number of hydrogen-bond acceptors (Lipinski definition) is 7. The number of aliphatic hydroxyl groups is 1. The maximum atomic E-state index is 13.1. The molecule has 4 saturated heterocycles. The summed E-state index contributed by atoms with van der Waals surface area (Å²) in [5, 5.41) is 33.8. The van der Waals surface area contributed by atoms with Crippen LogP contribution in [0.3, 0.4) is 0 Å². The zero-order valence-corrected chi connectivity index (χ0v) is 25.0. The summed E-state index contributed by atoms with van der Waals surface area (Å²) in [7, 11) is 0. The van der Waals surface area contributed by atoms with Gasteiger partial charge in [0, 0.05) is 54.6 Å². The maximum absolute atomic E-state index is 13.1. The number of nitrogens with zero attached hydrogens (tertiary/aromatic N) is 5. The number of hydrogen-bond donors (Lipinski definition) is 3. The van der Waals surface area contributed by atoms with Crippen LogP contribution in [-0.4, -0.2) is 96.7 Å². The Morgan fingerprint density at radius 2 is 1.81 bits per heavy atom. The van der Waals surface area contributed by atoms with Gasteiger partial charge in [-0.15, -0.1) is 0 Å². The molecular weight excluding hydrogens is 536 g/mol. The van der Waals surface area contributed by atoms with Crippen molar-refractivity contribution in [1.29, 1.82) is 0 Å². The molecule has 7 unspecified atom stereocenters. The van der Waals surface area contributed by atoms with Gasteiger partial charge >= 0.3 is 0 Å². The number of nitrogens with one attached hydrogen (secondary N) is 1. The van der Waals surface area contributed by atoms with Crippen molar-refractivity contribution in [2.24, 2.45) is 11.8 Å². The number of rotatable bonds is 1. The maximum Gasteiger partial charge on any atom is 0.139 e. The monoisotopic (exact) mass is 580 g/mol. The molecular formula is C35H44N6O2. The van der Waals surface area contributed by atoms with Crippen molar-refractivity contribution in [2.75, 3.05) is 32.7 Å². The number of H-pyrrole nitrogens is 1. The second-order valence-electron chi connectivity index (χ2n) is 14.0. The summed E-state index contributed by atoms with van der Waals surface area (Å²) in [5.74, 6) is 0.914. The Morgan fingerprint density at radius 1 is 0.907 bits per heavy atom. The minimum Gasteiger partial charge on any atom is -0.506 e. The van der Waals surface area contributed by atoms with Gasteiger partial charge in [0.15, 0.2) is 0 Å². The van der Waals surface area contributed by atoms with E-state index in [1.54, 1.807) is 6.07 Å². The fourth-order valence-electron chi connectivity index (χ4n) is 10.0. The Balaban J connectivity index is 1.25. The summed E-state index contributed by atoms with van der Waals surface area (Å²) in [6.07, 6.45) is 18.7. The van der Waals surface area contributed by atoms with Gasteiger partial charge in [0.2, 0.25) is 0 Å². The summed E-state index contributed by atoms with van der Waals surface area (Å²) < 4.78 is 0. The second-order valence-corrected chi connectivity index (χ2v) is 14.0. The first-order chi connectivity index (χ1) is 21.1. The number of hydrazine groups is 2. The fraction of sp³-hybridized carbons (Fsp3) is 0.571. The van der Waals surface area contributed by atoms with Crippen molar-refractivity contribution in [3.05, 3.63) is 54.4 Å². The smallest absolute Gasteiger partial charge is 0.139 e. The van der Waals surface area contributed by atoms with Crippen molar-refractivity contribution < 1.29 is 10.2 Å². The fourth-order valence-corrected chi connectivity index (χ4v) is 10.0. The average Bonchev–Trinajstić information content (AvgIpc) is 3.65. The minimum atomic E-state index is -0.974. The van der Waals surface area contributed by atoms with E-state index in [1.807, 2.05) is 12.3 Å². The third-order valence-electron chi connectivity index (χ3n) is 11.8. The number of benzene rings is 1. The van der Waals surface area contributed by atoms with E-state index < -0.39 is 5.60 Å². The van der Waals surface area contributed by atoms with Crippen molar-refractivity contribution >= 4 is 27.4 Å². The lowest BCUT2D eigenvalue weighted by Crippen LogP contribution is -2.76. The van der Waals surface area contributed by atoms with E-state index >= 15 is 0 Å². The Morgan fingerprint density at radius 3 is 2.77 bits per heavy atom. The summed E-state index contributed by atoms with van der Waals surface area (Å²) >= 11 is 0. The Bertz CT molecular complexity index is 1610. The van der Waals surface area contributed by atoms with E-state index in [0.29, 0.717) is 30.3 Å². The molecule has 0 amide bonds. The predicted molar refractivity (Wildman–Crippen MR) is 169 cm³/mol. The highest BCUT2D eigenvalue weighted by Gasteiger charge is 2.62. The van der Waals surface area contributed by atoms with Crippen LogP contribution in [-0.2, 0) is 0 Å². The third kappa shape index (κ3) is 4.03. The van der Waals surface area contributed by atoms with Crippen molar-refractivity contribution in [3.63, 3.8) is 0 Å². The lowest BCUT2D eigenvalue weighted by Gasteiger charge is -2.66. The van der Waals surface area contributed by atoms with Gasteiger partial charge in [-0.2, -0.15) is 5.12 Å². The number of fused-ring (bicyclic) bond motifs is 6. The predicted octanol–water partition coefficient (Wildman–Crippen LogP) is 5.06. The number of pyridine rings is 1. The van der Waals surface area contributed by atoms with E-state index in [1.165, 1.54) is 37.7 Å². The highest BCUT2D eigenvalue weighted by atomic mass is 16.3. The minimum absolute atomic E-state index is 0.0498. The first-order valence-electron chi connectivity index (χ1n) is 16.8. The molecule has 5 aliphatic heterocycles. The Hall–Kier alpha value is -2.75. The third-order valence-corrected chi connectivity index (χ3v) is 11.8. The number of allylic oxidation sites excluding steroid dienone is 3. The molecule has 6 aliphatic rings. The summed E-state index contributed by atoms with van der Waals surface area (Å²) in [6.45, 7) is 5.58. The number of aromatic amines is 1. The number of aromatic hydroxyl groups is 1. The molecule has 3 aromatic rings. The lowest BCUT2D eigenvalue weighted by atomic mass is 9.58. The highest BCUT2D eigenvalue weighted by Crippen LogP contribution is 2.55. The average molecular weight is 581 g/mol. The molecule has 0 saturated carbocycles. The summed E-state index contributed by atoms with van der Waals surface area (Å²) in [4.78, 5) is 11.4. The van der Waals surface area contributed by atoms with Gasteiger partial charge in [-0.1, -0.05) is 24.3 Å². The molecule has 5 bridgehead atoms. The molecule has 1 aromatic carbocycles. The number of piperidine rings is 2. The van der Waals surface area contributed by atoms with Crippen LogP contribution in [0.15, 0.2) is 48.7 Å². The van der Waals surface area contributed by atoms with Crippen molar-refractivity contribution in [1.82, 2.24) is 30.0 Å². The van der Waals surface area contributed by atoms with E-state index in [9.17, 15) is 10.2 Å². The van der Waals surface area contributed by atoms with Gasteiger partial charge in [-0.05, 0) is 101 Å². The van der Waals surface area contributed by atoms with E-state index in [0.717, 1.165) is 79.5 Å². The number of phenolic OH excluding ortho intramolecular Hbond substituents is 1. The van der Waals surface area contributed by atoms with Gasteiger partial charge < -0.3 is 15.2 Å². The van der Waals surface area contributed by atoms with Crippen LogP contribution in [0.1, 0.15) is 63.5 Å². The molecule has 2 aromatic heterocycles. The van der Waals surface area contributed by atoms with E-state index in [4.69, 9.17) is 4.98 Å². The topological polar surface area (TPSA) is 82.1 Å². The van der Waals surface area contributed by atoms with Crippen LogP contribution in [0.25, 0.3) is 27.4 Å². The van der Waals surface area contributed by atoms with Gasteiger partial charge in [-0.3, -0.25) is 9.88 Å². The molecule has 1 aliphatic carbocycles. The highest BCUT2D eigenvalue weighted by molar-refractivity contribution is 6.11. The van der Waals surface area contributed by atoms with Gasteiger partial charge in [0.1, 0.15) is 11.4 Å². The number of para-hydroxylation sites is 1. The number of aromatic nitrogens is 2. The van der Waals surface area contributed by atoms with Gasteiger partial charge in [0.25, 0.3) is 0 Å². The molecule has 3 N–H and O–H groups in total. The Labute approximate surface area is 253 Å². The first kappa shape index (κ1) is 26.6. The van der Waals surface area contributed by atoms with Crippen LogP contribution in [0.5, 0.6) is 5.75 Å². The van der Waals surface area contributed by atoms with E-state index in [-0.39, 0.29) is 11.8 Å². The van der Waals surface area contributed by atoms with Gasteiger partial charge in [0.05, 0.1) is 22.8 Å². The second kappa shape index (κ2) is 10.1. The molecule has 0 spiro atoms. The Kier molecular flexibility index (Phi) is 6.28. The van der Waals surface area contributed by atoms with Crippen LogP contribution in [0.2, 0.25) is 0 Å². The molecule has 7 heterocycles. The van der Waals surface area contributed by atoms with Gasteiger partial charge in [-0.25, -0.2) is 10.0 Å². The van der Waals surface area contributed by atoms with E-state index in [2.05, 4.69) is 55.4 Å². The molecule has 226 valence electrons. The van der Waals surface area contributed by atoms with Crippen LogP contribution in [0, 0.1) is 11.8 Å². The largest absolute Gasteiger partial charge is 0.506 e. The molecule has 7 atom stereocenters. The quantitative estimate of drug-likeness (QED) is 0.347. The molecule has 0 radical (unpaired) electrons. The standard InChI is InChI=1S/C35H44N6O2/c42-29-10-7-9-25-26-11-15-36-32(33(26)37-31(25)29)27-22-35(43)14-5-3-1-2-4-6-16-38-19-13-24(27)30-28(38)21-23-12-20-39-17-8-18-40(39)41(23)34(30)35/h1,3,7,9-11,15,22-24,28,30,34,37,42-43H,2,4-6,8,12-14,16-21H2. The molecule has 9 rings (SSSR count). The first-order valence-corrected chi connectivity index (χ1v) is 16.8. The van der Waals surface area contributed by atoms with Crippen LogP contribution >= 0.6 is 0 Å². The van der Waals surface area contributed by atoms with Crippen LogP contribution < -0.4 is 0 Å². The summed E-state index contributed by atoms with van der Waals surface area (Å²) in [5.41, 5.74) is 2.91. The SMILES string of the molecule is Oc1cccc2c1[nH]c1c(C3=CC4(O)CCC=CCCCCN5CCC3C3C5CC5CCN6CCCN6N5C34)nccc12. The normalized spacial score (nSPS) is 37.0. The molecule has 8 nitrogen and oxygen atoms in total. The van der Waals surface area contributed by atoms with Crippen molar-refractivity contribution in [2.45, 2.75) is 81.5 Å². The lowest BCUT2D eigenvalue weighted by molar-refractivity contribution is -0.287. The number of phenols is 1. The molecule has 8 heteroatoms. The zero-order valence-electron chi connectivity index (χ0n) is 25.0. The summed E-state index contributed by atoms with van der Waals surface area (Å²) in [6, 6.07) is 8.77. The van der Waals surface area contributed by atoms with Crippen LogP contribution in [0.4, 0.5) is 0 Å². The molecule has 43 heavy (non-hydrogen) atoms. The molecule has 4 fully saturated rings.